The highest BCUT2D eigenvalue weighted by molar-refractivity contribution is 7.21. The number of nitrogens with zero attached hydrogens (tertiary/aromatic N) is 4. The summed E-state index contributed by atoms with van der Waals surface area (Å²) < 4.78 is 2.93. The van der Waals surface area contributed by atoms with Gasteiger partial charge in [0.2, 0.25) is 0 Å². The van der Waals surface area contributed by atoms with Crippen molar-refractivity contribution in [3.8, 4) is 28.4 Å². The summed E-state index contributed by atoms with van der Waals surface area (Å²) in [5, 5.41) is 20.8. The molecule has 0 amide bonds. The van der Waals surface area contributed by atoms with Crippen LogP contribution in [0.2, 0.25) is 5.02 Å². The van der Waals surface area contributed by atoms with Crippen LogP contribution in [0.25, 0.3) is 38.3 Å². The number of fused-ring (bicyclic) bond motifs is 2. The Hall–Kier alpha value is -4.75. The molecule has 0 aliphatic heterocycles. The summed E-state index contributed by atoms with van der Waals surface area (Å²) in [4.78, 5) is 18.4. The fourth-order valence-electron chi connectivity index (χ4n) is 4.56. The molecule has 3 aromatic carbocycles. The lowest BCUT2D eigenvalue weighted by atomic mass is 9.99. The summed E-state index contributed by atoms with van der Waals surface area (Å²) in [7, 11) is 0. The molecule has 2 aromatic heterocycles. The number of nitriles is 2. The minimum absolute atomic E-state index is 0.0904. The van der Waals surface area contributed by atoms with Gasteiger partial charge < -0.3 is 0 Å². The van der Waals surface area contributed by atoms with E-state index in [4.69, 9.17) is 16.6 Å². The number of ketones is 1. The van der Waals surface area contributed by atoms with Gasteiger partial charge in [-0.05, 0) is 42.0 Å². The second kappa shape index (κ2) is 9.04. The van der Waals surface area contributed by atoms with Gasteiger partial charge in [-0.15, -0.1) is 11.3 Å². The number of hydrogen-bond donors (Lipinski definition) is 0. The van der Waals surface area contributed by atoms with E-state index < -0.39 is 0 Å². The smallest absolute Gasteiger partial charge is 0.194 e. The molecule has 1 aliphatic carbocycles. The van der Waals surface area contributed by atoms with Gasteiger partial charge in [0.25, 0.3) is 0 Å². The lowest BCUT2D eigenvalue weighted by Crippen LogP contribution is -2.00. The van der Waals surface area contributed by atoms with Crippen LogP contribution in [0.15, 0.2) is 96.1 Å². The summed E-state index contributed by atoms with van der Waals surface area (Å²) >= 11 is 7.61. The third-order valence-corrected chi connectivity index (χ3v) is 7.50. The van der Waals surface area contributed by atoms with E-state index in [1.165, 1.54) is 0 Å². The molecular formula is C30H15ClN4OS. The number of para-hydroxylation sites is 1. The number of carbonyl (C=O) groups excluding carboxylic acids is 1. The molecule has 0 radical (unpaired) electrons. The molecule has 174 valence electrons. The van der Waals surface area contributed by atoms with E-state index in [1.54, 1.807) is 41.7 Å². The van der Waals surface area contributed by atoms with Crippen LogP contribution in [0.1, 0.15) is 21.6 Å². The Bertz CT molecular complexity index is 1850. The SMILES string of the molecule is N#CC(C#N)=C1/C(=C/c2cc3sc(-c4ccc(Cl)cc4)nc3n2-c2ccccc2)C(=O)c2ccccc21. The standard InChI is InChI=1S/C30H15ClN4OS/c31-20-12-10-18(11-13-20)30-34-29-26(37-30)15-22(35(29)21-6-2-1-3-7-21)14-25-27(19(16-32)17-33)23-8-4-5-9-24(23)28(25)36/h1-15H/b25-14-. The quantitative estimate of drug-likeness (QED) is 0.184. The van der Waals surface area contributed by atoms with Crippen molar-refractivity contribution in [1.29, 1.82) is 10.5 Å². The second-order valence-corrected chi connectivity index (χ2v) is 9.83. The van der Waals surface area contributed by atoms with Crippen LogP contribution in [-0.4, -0.2) is 15.3 Å². The van der Waals surface area contributed by atoms with Gasteiger partial charge in [0.15, 0.2) is 11.4 Å². The van der Waals surface area contributed by atoms with Gasteiger partial charge >= 0.3 is 0 Å². The maximum absolute atomic E-state index is 13.5. The summed E-state index contributed by atoms with van der Waals surface area (Å²) in [6.45, 7) is 0. The first-order chi connectivity index (χ1) is 18.1. The van der Waals surface area contributed by atoms with Gasteiger partial charge in [-0.1, -0.05) is 66.2 Å². The van der Waals surface area contributed by atoms with Crippen molar-refractivity contribution in [2.24, 2.45) is 0 Å². The molecule has 0 fully saturated rings. The molecule has 37 heavy (non-hydrogen) atoms. The fourth-order valence-corrected chi connectivity index (χ4v) is 5.69. The van der Waals surface area contributed by atoms with E-state index >= 15 is 0 Å². The van der Waals surface area contributed by atoms with Crippen molar-refractivity contribution in [3.05, 3.63) is 118 Å². The predicted molar refractivity (Wildman–Crippen MR) is 146 cm³/mol. The summed E-state index contributed by atoms with van der Waals surface area (Å²) in [5.41, 5.74) is 5.00. The van der Waals surface area contributed by atoms with Gasteiger partial charge in [0.1, 0.15) is 22.7 Å². The van der Waals surface area contributed by atoms with Crippen molar-refractivity contribution < 1.29 is 4.79 Å². The molecule has 0 saturated carbocycles. The molecule has 1 aliphatic rings. The van der Waals surface area contributed by atoms with Crippen LogP contribution >= 0.6 is 22.9 Å². The number of allylic oxidation sites excluding steroid dienone is 3. The Morgan fingerprint density at radius 1 is 0.919 bits per heavy atom. The first-order valence-electron chi connectivity index (χ1n) is 11.3. The van der Waals surface area contributed by atoms with Gasteiger partial charge in [-0.3, -0.25) is 9.36 Å². The summed E-state index contributed by atoms with van der Waals surface area (Å²) in [6.07, 6.45) is 1.76. The number of rotatable bonds is 3. The molecule has 0 bridgehead atoms. The molecule has 0 N–H and O–H groups in total. The molecule has 0 saturated heterocycles. The number of thiazole rings is 1. The third kappa shape index (κ3) is 3.77. The van der Waals surface area contributed by atoms with Crippen LogP contribution < -0.4 is 0 Å². The Balaban J connectivity index is 1.59. The average molecular weight is 515 g/mol. The van der Waals surface area contributed by atoms with E-state index in [2.05, 4.69) is 0 Å². The maximum Gasteiger partial charge on any atom is 0.194 e. The minimum Gasteiger partial charge on any atom is -0.294 e. The molecule has 2 heterocycles. The number of benzene rings is 3. The number of hydrogen-bond acceptors (Lipinski definition) is 5. The highest BCUT2D eigenvalue weighted by Gasteiger charge is 2.32. The van der Waals surface area contributed by atoms with Crippen molar-refractivity contribution in [2.45, 2.75) is 0 Å². The van der Waals surface area contributed by atoms with Crippen LogP contribution in [0, 0.1) is 22.7 Å². The molecule has 0 unspecified atom stereocenters. The van der Waals surface area contributed by atoms with E-state index in [9.17, 15) is 15.3 Å². The number of carbonyl (C=O) groups is 1. The highest BCUT2D eigenvalue weighted by atomic mass is 35.5. The Morgan fingerprint density at radius 2 is 1.59 bits per heavy atom. The van der Waals surface area contributed by atoms with E-state index in [-0.39, 0.29) is 11.4 Å². The Labute approximate surface area is 221 Å². The zero-order valence-corrected chi connectivity index (χ0v) is 20.7. The van der Waals surface area contributed by atoms with Gasteiger partial charge in [-0.25, -0.2) is 4.98 Å². The van der Waals surface area contributed by atoms with Crippen molar-refractivity contribution >= 4 is 50.7 Å². The summed E-state index contributed by atoms with van der Waals surface area (Å²) in [6, 6.07) is 30.3. The van der Waals surface area contributed by atoms with E-state index in [0.29, 0.717) is 27.3 Å². The van der Waals surface area contributed by atoms with Gasteiger partial charge in [0, 0.05) is 38.7 Å². The van der Waals surface area contributed by atoms with Gasteiger partial charge in [0.05, 0.1) is 4.70 Å². The van der Waals surface area contributed by atoms with Gasteiger partial charge in [-0.2, -0.15) is 10.5 Å². The molecule has 7 heteroatoms. The average Bonchev–Trinajstić information content (AvgIpc) is 3.56. The summed E-state index contributed by atoms with van der Waals surface area (Å²) in [5.74, 6) is -0.215. The van der Waals surface area contributed by atoms with Crippen molar-refractivity contribution in [1.82, 2.24) is 9.55 Å². The topological polar surface area (TPSA) is 82.5 Å². The van der Waals surface area contributed by atoms with E-state index in [1.807, 2.05) is 77.4 Å². The van der Waals surface area contributed by atoms with Crippen LogP contribution in [-0.2, 0) is 0 Å². The van der Waals surface area contributed by atoms with Crippen LogP contribution in [0.3, 0.4) is 0 Å². The highest BCUT2D eigenvalue weighted by Crippen LogP contribution is 2.41. The zero-order chi connectivity index (χ0) is 25.5. The fraction of sp³-hybridized carbons (Fsp3) is 0. The monoisotopic (exact) mass is 514 g/mol. The Kier molecular flexibility index (Phi) is 5.54. The molecule has 5 nitrogen and oxygen atoms in total. The molecule has 5 aromatic rings. The number of halogens is 1. The lowest BCUT2D eigenvalue weighted by molar-refractivity contribution is 0.104. The normalized spacial score (nSPS) is 13.5. The predicted octanol–water partition coefficient (Wildman–Crippen LogP) is 7.49. The number of Topliss-reactive ketones (excluding diaryl/α,β-unsaturated/α-hetero) is 1. The first kappa shape index (κ1) is 22.7. The van der Waals surface area contributed by atoms with Crippen molar-refractivity contribution in [3.63, 3.8) is 0 Å². The Morgan fingerprint density at radius 3 is 2.30 bits per heavy atom. The van der Waals surface area contributed by atoms with Crippen LogP contribution in [0.5, 0.6) is 0 Å². The molecule has 0 atom stereocenters. The first-order valence-corrected chi connectivity index (χ1v) is 12.5. The largest absolute Gasteiger partial charge is 0.294 e. The second-order valence-electron chi connectivity index (χ2n) is 8.36. The zero-order valence-electron chi connectivity index (χ0n) is 19.1. The maximum atomic E-state index is 13.5. The molecule has 0 spiro atoms. The van der Waals surface area contributed by atoms with Crippen molar-refractivity contribution in [2.75, 3.05) is 0 Å². The van der Waals surface area contributed by atoms with E-state index in [0.717, 1.165) is 32.3 Å². The molecule has 6 rings (SSSR count). The lowest BCUT2D eigenvalue weighted by Gasteiger charge is -2.09. The number of aromatic nitrogens is 2. The molecular weight excluding hydrogens is 500 g/mol. The third-order valence-electron chi connectivity index (χ3n) is 6.21. The minimum atomic E-state index is -0.215. The van der Waals surface area contributed by atoms with Crippen LogP contribution in [0.4, 0.5) is 0 Å².